The van der Waals surface area contributed by atoms with Crippen molar-refractivity contribution in [2.75, 3.05) is 6.61 Å². The van der Waals surface area contributed by atoms with Crippen LogP contribution in [0.25, 0.3) is 0 Å². The summed E-state index contributed by atoms with van der Waals surface area (Å²) in [5, 5.41) is 145. The van der Waals surface area contributed by atoms with Crippen LogP contribution in [0.15, 0.2) is 54.1 Å². The van der Waals surface area contributed by atoms with Gasteiger partial charge in [0.25, 0.3) is 11.6 Å². The Balaban J connectivity index is 1.32. The minimum Gasteiger partial charge on any atom is -0.504 e. The third kappa shape index (κ3) is 7.18. The molecule has 1 aliphatic carbocycles. The van der Waals surface area contributed by atoms with Crippen LogP contribution in [0.4, 0.5) is 0 Å². The van der Waals surface area contributed by atoms with E-state index in [1.807, 2.05) is 0 Å². The van der Waals surface area contributed by atoms with Gasteiger partial charge in [0.2, 0.25) is 23.9 Å². The number of phenolic OH excluding ortho intramolecular Hbond substituents is 11. The van der Waals surface area contributed by atoms with E-state index in [4.69, 9.17) is 33.2 Å². The van der Waals surface area contributed by atoms with Crippen molar-refractivity contribution in [3.05, 3.63) is 81.9 Å². The van der Waals surface area contributed by atoms with Crippen molar-refractivity contribution in [3.8, 4) is 69.0 Å². The molecule has 0 aromatic heterocycles. The summed E-state index contributed by atoms with van der Waals surface area (Å²) in [6.07, 6.45) is -12.1. The van der Waals surface area contributed by atoms with E-state index in [1.165, 1.54) is 0 Å². The van der Waals surface area contributed by atoms with Gasteiger partial charge in [0.05, 0.1) is 33.7 Å². The number of carbonyl (C=O) groups is 6. The van der Waals surface area contributed by atoms with Crippen molar-refractivity contribution < 1.29 is 133 Å². The Morgan fingerprint density at radius 1 is 0.574 bits per heavy atom. The molecular weight excluding hydrogens is 924 g/mol. The fourth-order valence-corrected chi connectivity index (χ4v) is 7.60. The number of aliphatic hydroxyl groups is 3. The van der Waals surface area contributed by atoms with E-state index in [-0.39, 0.29) is 6.08 Å². The van der Waals surface area contributed by atoms with E-state index in [0.29, 0.717) is 42.5 Å². The molecule has 27 nitrogen and oxygen atoms in total. The Hall–Kier alpha value is -8.92. The first-order chi connectivity index (χ1) is 31.8. The zero-order valence-electron chi connectivity index (χ0n) is 33.4. The number of carbonyl (C=O) groups excluding carboxylic acids is 6. The molecule has 4 aliphatic rings. The topological polar surface area (TPSA) is 450 Å². The lowest BCUT2D eigenvalue weighted by atomic mass is 9.74. The number of ether oxygens (including phenoxy) is 7. The highest BCUT2D eigenvalue weighted by Crippen LogP contribution is 2.60. The van der Waals surface area contributed by atoms with Gasteiger partial charge in [-0.15, -0.1) is 0 Å². The van der Waals surface area contributed by atoms with Gasteiger partial charge in [0.15, 0.2) is 75.5 Å². The van der Waals surface area contributed by atoms with E-state index in [0.717, 1.165) is 0 Å². The Bertz CT molecular complexity index is 2870. The number of esters is 5. The Labute approximate surface area is 374 Å². The highest BCUT2D eigenvalue weighted by atomic mass is 16.8. The minimum atomic E-state index is -4.02. The Morgan fingerprint density at radius 3 is 1.54 bits per heavy atom. The van der Waals surface area contributed by atoms with Crippen molar-refractivity contribution in [2.45, 2.75) is 48.2 Å². The molecule has 4 aromatic carbocycles. The lowest BCUT2D eigenvalue weighted by molar-refractivity contribution is -0.323. The number of benzene rings is 4. The predicted molar refractivity (Wildman–Crippen MR) is 205 cm³/mol. The molecule has 1 fully saturated rings. The quantitative estimate of drug-likeness (QED) is 0.0453. The van der Waals surface area contributed by atoms with Crippen LogP contribution in [0.1, 0.15) is 52.9 Å². The molecule has 1 saturated heterocycles. The average molecular weight is 955 g/mol. The maximum Gasteiger partial charge on any atom is 0.340 e. The molecule has 356 valence electrons. The molecule has 2 unspecified atom stereocenters. The number of phenols is 11. The molecule has 0 spiro atoms. The predicted octanol–water partition coefficient (Wildman–Crippen LogP) is -1.08. The Morgan fingerprint density at radius 2 is 1.03 bits per heavy atom. The number of ketones is 1. The summed E-state index contributed by atoms with van der Waals surface area (Å²) in [6.45, 7) is -1.28. The fourth-order valence-electron chi connectivity index (χ4n) is 7.60. The lowest BCUT2D eigenvalue weighted by Crippen LogP contribution is -2.66. The van der Waals surface area contributed by atoms with E-state index in [2.05, 4.69) is 0 Å². The monoisotopic (exact) mass is 954 g/mol. The zero-order valence-corrected chi connectivity index (χ0v) is 33.4. The van der Waals surface area contributed by atoms with Gasteiger partial charge in [-0.25, -0.2) is 24.0 Å². The van der Waals surface area contributed by atoms with Crippen molar-refractivity contribution in [1.82, 2.24) is 0 Å². The molecule has 4 aromatic rings. The van der Waals surface area contributed by atoms with Crippen molar-refractivity contribution in [3.63, 3.8) is 0 Å². The second kappa shape index (κ2) is 15.9. The van der Waals surface area contributed by atoms with Crippen LogP contribution in [0, 0.1) is 0 Å². The molecule has 2 bridgehead atoms. The summed E-state index contributed by atoms with van der Waals surface area (Å²) >= 11 is 0. The first-order valence-electron chi connectivity index (χ1n) is 19.0. The summed E-state index contributed by atoms with van der Waals surface area (Å²) in [4.78, 5) is 83.3. The van der Waals surface area contributed by atoms with Gasteiger partial charge in [0.1, 0.15) is 12.7 Å². The van der Waals surface area contributed by atoms with E-state index in [1.54, 1.807) is 0 Å². The molecule has 3 heterocycles. The number of hydrogen-bond donors (Lipinski definition) is 14. The Kier molecular flexibility index (Phi) is 10.7. The molecule has 3 aliphatic heterocycles. The molecule has 0 radical (unpaired) electrons. The van der Waals surface area contributed by atoms with Crippen LogP contribution in [0.5, 0.6) is 69.0 Å². The summed E-state index contributed by atoms with van der Waals surface area (Å²) in [7, 11) is 0. The normalized spacial score (nSPS) is 24.5. The SMILES string of the molecule is O=C1O[C@H]2[C@H](OC(=O)c3cc(O)c(O)c(O)c3)[C@@H](OC(=O)c3cc(O)c(O)c4c3C3C1=CC(=O)C(O)(O)C3(O)O4)[C@@H](OC(=O)c1cc(O)c(O)c(O)c1)O[C@@H]2COC(=O)c1cc(O)c(O)c(O)c1. The summed E-state index contributed by atoms with van der Waals surface area (Å²) in [5.74, 6) is -34.0. The molecule has 27 heteroatoms. The summed E-state index contributed by atoms with van der Waals surface area (Å²) in [5.41, 5.74) is -5.34. The third-order valence-electron chi connectivity index (χ3n) is 10.9. The summed E-state index contributed by atoms with van der Waals surface area (Å²) in [6, 6.07) is 3.85. The van der Waals surface area contributed by atoms with Gasteiger partial charge >= 0.3 is 29.8 Å². The molecule has 7 atom stereocenters. The van der Waals surface area contributed by atoms with Crippen LogP contribution in [0.3, 0.4) is 0 Å². The van der Waals surface area contributed by atoms with Crippen molar-refractivity contribution in [1.29, 1.82) is 0 Å². The molecule has 8 rings (SSSR count). The van der Waals surface area contributed by atoms with Crippen LogP contribution in [-0.4, -0.2) is 156 Å². The first kappa shape index (κ1) is 45.6. The second-order valence-corrected chi connectivity index (χ2v) is 15.1. The smallest absolute Gasteiger partial charge is 0.340 e. The molecule has 0 saturated carbocycles. The first-order valence-corrected chi connectivity index (χ1v) is 19.0. The average Bonchev–Trinajstić information content (AvgIpc) is 3.60. The molecule has 14 N–H and O–H groups in total. The zero-order chi connectivity index (χ0) is 49.6. The number of fused-ring (bicyclic) bond motifs is 2. The number of hydrogen-bond acceptors (Lipinski definition) is 27. The highest BCUT2D eigenvalue weighted by molar-refractivity contribution is 6.08. The molecular formula is C41H30O27. The van der Waals surface area contributed by atoms with Crippen molar-refractivity contribution in [2.24, 2.45) is 0 Å². The van der Waals surface area contributed by atoms with Crippen LogP contribution >= 0.6 is 0 Å². The number of rotatable bonds is 7. The van der Waals surface area contributed by atoms with Gasteiger partial charge in [-0.1, -0.05) is 0 Å². The van der Waals surface area contributed by atoms with Gasteiger partial charge < -0.3 is 105 Å². The minimum absolute atomic E-state index is 0.201. The second-order valence-electron chi connectivity index (χ2n) is 15.1. The van der Waals surface area contributed by atoms with Crippen LogP contribution < -0.4 is 4.74 Å². The van der Waals surface area contributed by atoms with Gasteiger partial charge in [0, 0.05) is 5.56 Å². The summed E-state index contributed by atoms with van der Waals surface area (Å²) < 4.78 is 38.8. The van der Waals surface area contributed by atoms with Crippen LogP contribution in [0.2, 0.25) is 0 Å². The standard InChI is InChI=1S/C41H30O27/c42-15-1-10(2-16(43)26(15)50)34(54)62-9-22-30-32(65-35(55)11-3-17(44)27(51)18(45)4-11)33(39(63-22)67-36(56)12-5-19(46)28(52)20(47)6-12)66-37(57)13-7-21(48)29(53)31-24(13)25-14(38(58)64-30)8-23(49)40(59,60)41(25,61)68-31/h1-8,22,25,30,32-33,39,42-48,50-53,59-61H,9H2/t22-,25?,30-,32+,33-,39-,41?/m1/s1. The van der Waals surface area contributed by atoms with Gasteiger partial charge in [-0.05, 0) is 48.5 Å². The third-order valence-corrected chi connectivity index (χ3v) is 10.9. The molecule has 0 amide bonds. The number of aromatic hydroxyl groups is 11. The lowest BCUT2D eigenvalue weighted by Gasteiger charge is -2.44. The van der Waals surface area contributed by atoms with Gasteiger partial charge in [-0.2, -0.15) is 0 Å². The van der Waals surface area contributed by atoms with E-state index < -0.39 is 193 Å². The highest BCUT2D eigenvalue weighted by Gasteiger charge is 2.70. The van der Waals surface area contributed by atoms with Crippen LogP contribution in [-0.2, 0) is 38.0 Å². The van der Waals surface area contributed by atoms with E-state index >= 15 is 0 Å². The maximum atomic E-state index is 14.5. The van der Waals surface area contributed by atoms with Crippen molar-refractivity contribution >= 4 is 35.6 Å². The maximum absolute atomic E-state index is 14.5. The fraction of sp³-hybridized carbons (Fsp3) is 0.220. The van der Waals surface area contributed by atoms with Gasteiger partial charge in [-0.3, -0.25) is 4.79 Å². The largest absolute Gasteiger partial charge is 0.504 e. The molecule has 68 heavy (non-hydrogen) atoms. The van der Waals surface area contributed by atoms with E-state index in [9.17, 15) is 100 Å².